The van der Waals surface area contributed by atoms with E-state index < -0.39 is 5.54 Å². The Morgan fingerprint density at radius 2 is 1.63 bits per heavy atom. The summed E-state index contributed by atoms with van der Waals surface area (Å²) in [5, 5.41) is 11.9. The lowest BCUT2D eigenvalue weighted by atomic mass is 9.82. The molecule has 2 amide bonds. The van der Waals surface area contributed by atoms with E-state index in [1.165, 1.54) is 10.5 Å². The first kappa shape index (κ1) is 23.6. The molecule has 1 fully saturated rings. The van der Waals surface area contributed by atoms with Gasteiger partial charge in [0, 0.05) is 31.0 Å². The van der Waals surface area contributed by atoms with Gasteiger partial charge >= 0.3 is 0 Å². The maximum Gasteiger partial charge on any atom is 0.264 e. The van der Waals surface area contributed by atoms with Crippen LogP contribution in [0.1, 0.15) is 38.2 Å². The second-order valence-electron chi connectivity index (χ2n) is 9.67. The summed E-state index contributed by atoms with van der Waals surface area (Å²) in [5.41, 5.74) is 4.01. The lowest BCUT2D eigenvalue weighted by Crippen LogP contribution is -2.45. The molecule has 2 aliphatic rings. The Balaban J connectivity index is 1.27. The fourth-order valence-electron chi connectivity index (χ4n) is 5.41. The van der Waals surface area contributed by atoms with E-state index in [1.54, 1.807) is 12.3 Å². The van der Waals surface area contributed by atoms with Crippen LogP contribution in [0, 0.1) is 5.41 Å². The van der Waals surface area contributed by atoms with Crippen LogP contribution in [0.15, 0.2) is 103 Å². The number of guanidine groups is 1. The molecule has 0 aliphatic carbocycles. The summed E-state index contributed by atoms with van der Waals surface area (Å²) >= 11 is 0. The van der Waals surface area contributed by atoms with E-state index in [0.29, 0.717) is 18.7 Å². The molecule has 3 aromatic carbocycles. The van der Waals surface area contributed by atoms with Crippen LogP contribution >= 0.6 is 0 Å². The van der Waals surface area contributed by atoms with E-state index in [-0.39, 0.29) is 24.3 Å². The molecule has 0 spiro atoms. The number of rotatable bonds is 5. The first-order valence-corrected chi connectivity index (χ1v) is 12.7. The van der Waals surface area contributed by atoms with Crippen LogP contribution in [0.25, 0.3) is 0 Å². The molecule has 0 radical (unpaired) electrons. The van der Waals surface area contributed by atoms with Crippen LogP contribution < -0.4 is 5.32 Å². The summed E-state index contributed by atoms with van der Waals surface area (Å²) in [6.45, 7) is 1.36. The van der Waals surface area contributed by atoms with E-state index in [0.717, 1.165) is 28.7 Å². The first-order valence-electron chi connectivity index (χ1n) is 12.7. The highest BCUT2D eigenvalue weighted by molar-refractivity contribution is 6.10. The predicted octanol–water partition coefficient (Wildman–Crippen LogP) is 4.09. The number of nitrogens with zero attached hydrogens (tertiary/aromatic N) is 3. The Morgan fingerprint density at radius 1 is 0.921 bits per heavy atom. The molecule has 38 heavy (non-hydrogen) atoms. The number of amides is 2. The van der Waals surface area contributed by atoms with Gasteiger partial charge in [0.2, 0.25) is 0 Å². The summed E-state index contributed by atoms with van der Waals surface area (Å²) in [7, 11) is 0. The highest BCUT2D eigenvalue weighted by Gasteiger charge is 2.52. The van der Waals surface area contributed by atoms with Gasteiger partial charge in [-0.25, -0.2) is 0 Å². The summed E-state index contributed by atoms with van der Waals surface area (Å²) in [4.78, 5) is 34.9. The van der Waals surface area contributed by atoms with Gasteiger partial charge in [-0.2, -0.15) is 0 Å². The fourth-order valence-corrected chi connectivity index (χ4v) is 5.41. The number of benzene rings is 3. The van der Waals surface area contributed by atoms with Crippen LogP contribution in [-0.2, 0) is 29.8 Å². The highest BCUT2D eigenvalue weighted by atomic mass is 16.2. The standard InChI is InChI=1S/C31H27N5O2/c32-30-34-31(26-10-3-1-4-11-26,27-12-5-2-6-13-27)29(38)36(30)20-22-8-7-9-24(18-22)28(37)35-17-15-23-14-16-33-19-25(23)21-35/h1-14,16,18-19H,15,17,20-21H2,(H2,32,34). The van der Waals surface area contributed by atoms with Gasteiger partial charge in [0.25, 0.3) is 11.8 Å². The second kappa shape index (κ2) is 9.59. The van der Waals surface area contributed by atoms with Gasteiger partial charge in [-0.15, -0.1) is 0 Å². The number of nitrogens with one attached hydrogen (secondary N) is 2. The Hall–Kier alpha value is -4.78. The maximum absolute atomic E-state index is 14.1. The quantitative estimate of drug-likeness (QED) is 0.431. The van der Waals surface area contributed by atoms with Crippen molar-refractivity contribution in [3.63, 3.8) is 0 Å². The van der Waals surface area contributed by atoms with Crippen molar-refractivity contribution in [1.29, 1.82) is 5.41 Å². The Labute approximate surface area is 221 Å². The predicted molar refractivity (Wildman–Crippen MR) is 144 cm³/mol. The molecule has 2 aliphatic heterocycles. The van der Waals surface area contributed by atoms with Crippen LogP contribution in [0.4, 0.5) is 0 Å². The van der Waals surface area contributed by atoms with Crippen molar-refractivity contribution < 1.29 is 9.59 Å². The van der Waals surface area contributed by atoms with Crippen molar-refractivity contribution in [3.8, 4) is 0 Å². The van der Waals surface area contributed by atoms with Gasteiger partial charge in [0.05, 0.1) is 6.54 Å². The molecule has 7 heteroatoms. The summed E-state index contributed by atoms with van der Waals surface area (Å²) in [5.74, 6) is -0.249. The van der Waals surface area contributed by atoms with E-state index >= 15 is 0 Å². The normalized spacial score (nSPS) is 16.2. The fraction of sp³-hybridized carbons (Fsp3) is 0.161. The number of carbonyl (C=O) groups is 2. The Bertz CT molecular complexity index is 1480. The van der Waals surface area contributed by atoms with E-state index in [1.807, 2.05) is 96.0 Å². The van der Waals surface area contributed by atoms with Gasteiger partial charge in [-0.3, -0.25) is 24.9 Å². The second-order valence-corrected chi connectivity index (χ2v) is 9.67. The average molecular weight is 502 g/mol. The molecule has 4 aromatic rings. The molecular weight excluding hydrogens is 474 g/mol. The molecule has 7 nitrogen and oxygen atoms in total. The smallest absolute Gasteiger partial charge is 0.264 e. The molecule has 6 rings (SSSR count). The van der Waals surface area contributed by atoms with E-state index in [9.17, 15) is 9.59 Å². The number of pyridine rings is 1. The third-order valence-corrected chi connectivity index (χ3v) is 7.37. The Morgan fingerprint density at radius 3 is 2.34 bits per heavy atom. The van der Waals surface area contributed by atoms with E-state index in [2.05, 4.69) is 10.3 Å². The molecule has 1 saturated heterocycles. The van der Waals surface area contributed by atoms with Crippen molar-refractivity contribution in [2.24, 2.45) is 0 Å². The van der Waals surface area contributed by atoms with Crippen LogP contribution in [-0.4, -0.2) is 39.1 Å². The van der Waals surface area contributed by atoms with Gasteiger partial charge in [0.1, 0.15) is 0 Å². The van der Waals surface area contributed by atoms with Crippen molar-refractivity contribution in [3.05, 3.63) is 137 Å². The molecule has 0 bridgehead atoms. The zero-order valence-electron chi connectivity index (χ0n) is 20.8. The van der Waals surface area contributed by atoms with Crippen molar-refractivity contribution in [2.45, 2.75) is 25.0 Å². The van der Waals surface area contributed by atoms with Gasteiger partial charge in [0.15, 0.2) is 11.5 Å². The zero-order chi connectivity index (χ0) is 26.1. The number of hydrogen-bond donors (Lipinski definition) is 2. The molecular formula is C31H27N5O2. The number of fused-ring (bicyclic) bond motifs is 1. The molecule has 0 saturated carbocycles. The number of carbonyl (C=O) groups excluding carboxylic acids is 2. The summed E-state index contributed by atoms with van der Waals surface area (Å²) in [6, 6.07) is 28.4. The molecule has 2 N–H and O–H groups in total. The molecule has 1 aromatic heterocycles. The SMILES string of the molecule is N=C1NC(c2ccccc2)(c2ccccc2)C(=O)N1Cc1cccc(C(=O)N2CCc3ccncc3C2)c1. The average Bonchev–Trinajstić information content (AvgIpc) is 3.23. The molecule has 3 heterocycles. The largest absolute Gasteiger partial charge is 0.334 e. The van der Waals surface area contributed by atoms with Gasteiger partial charge < -0.3 is 10.2 Å². The van der Waals surface area contributed by atoms with Crippen molar-refractivity contribution in [1.82, 2.24) is 20.1 Å². The minimum Gasteiger partial charge on any atom is -0.334 e. The zero-order valence-corrected chi connectivity index (χ0v) is 20.8. The molecule has 0 atom stereocenters. The molecule has 0 unspecified atom stereocenters. The minimum absolute atomic E-state index is 0.0274. The van der Waals surface area contributed by atoms with Crippen molar-refractivity contribution >= 4 is 17.8 Å². The van der Waals surface area contributed by atoms with Crippen LogP contribution in [0.5, 0.6) is 0 Å². The highest BCUT2D eigenvalue weighted by Crippen LogP contribution is 2.36. The third kappa shape index (κ3) is 4.02. The van der Waals surface area contributed by atoms with Gasteiger partial charge in [-0.05, 0) is 52.4 Å². The Kier molecular flexibility index (Phi) is 5.96. The maximum atomic E-state index is 14.1. The minimum atomic E-state index is -1.19. The van der Waals surface area contributed by atoms with Crippen molar-refractivity contribution in [2.75, 3.05) is 6.54 Å². The first-order chi connectivity index (χ1) is 18.6. The van der Waals surface area contributed by atoms with Gasteiger partial charge in [-0.1, -0.05) is 72.8 Å². The third-order valence-electron chi connectivity index (χ3n) is 7.37. The lowest BCUT2D eigenvalue weighted by molar-refractivity contribution is -0.130. The number of hydrogen-bond acceptors (Lipinski definition) is 4. The topological polar surface area (TPSA) is 89.4 Å². The summed E-state index contributed by atoms with van der Waals surface area (Å²) < 4.78 is 0. The molecule has 188 valence electrons. The van der Waals surface area contributed by atoms with Crippen LogP contribution in [0.3, 0.4) is 0 Å². The van der Waals surface area contributed by atoms with E-state index in [4.69, 9.17) is 5.41 Å². The van der Waals surface area contributed by atoms with Crippen LogP contribution in [0.2, 0.25) is 0 Å². The summed E-state index contributed by atoms with van der Waals surface area (Å²) in [6.07, 6.45) is 4.42. The lowest BCUT2D eigenvalue weighted by Gasteiger charge is -2.29. The number of aromatic nitrogens is 1. The monoisotopic (exact) mass is 501 g/mol.